The second-order valence-electron chi connectivity index (χ2n) is 5.10. The first-order valence-electron chi connectivity index (χ1n) is 7.18. The standard InChI is InChI=1S/C16H21FN2OS/c1-12(2)20-9-3-8-18-10-15-11-21-16(19-15)13-4-6-14(17)7-5-13/h4-7,11-12,18H,3,8-10H2,1-2H3. The zero-order chi connectivity index (χ0) is 15.1. The molecule has 114 valence electrons. The Morgan fingerprint density at radius 3 is 2.76 bits per heavy atom. The lowest BCUT2D eigenvalue weighted by Gasteiger charge is -2.07. The highest BCUT2D eigenvalue weighted by Gasteiger charge is 2.04. The van der Waals surface area contributed by atoms with E-state index >= 15 is 0 Å². The minimum absolute atomic E-state index is 0.221. The van der Waals surface area contributed by atoms with Crippen LogP contribution in [-0.4, -0.2) is 24.2 Å². The third-order valence-electron chi connectivity index (χ3n) is 2.90. The minimum atomic E-state index is -0.221. The number of benzene rings is 1. The summed E-state index contributed by atoms with van der Waals surface area (Å²) in [5.74, 6) is -0.221. The molecule has 0 bridgehead atoms. The molecule has 0 aliphatic carbocycles. The van der Waals surface area contributed by atoms with Crippen LogP contribution in [0.15, 0.2) is 29.6 Å². The Morgan fingerprint density at radius 2 is 2.05 bits per heavy atom. The van der Waals surface area contributed by atoms with Crippen LogP contribution in [0.3, 0.4) is 0 Å². The van der Waals surface area contributed by atoms with Crippen LogP contribution in [0, 0.1) is 5.82 Å². The summed E-state index contributed by atoms with van der Waals surface area (Å²) in [6, 6.07) is 6.44. The number of aromatic nitrogens is 1. The Labute approximate surface area is 129 Å². The zero-order valence-electron chi connectivity index (χ0n) is 12.4. The normalized spacial score (nSPS) is 11.2. The van der Waals surface area contributed by atoms with E-state index in [1.165, 1.54) is 12.1 Å². The summed E-state index contributed by atoms with van der Waals surface area (Å²) in [4.78, 5) is 4.56. The lowest BCUT2D eigenvalue weighted by atomic mass is 10.2. The van der Waals surface area contributed by atoms with Gasteiger partial charge in [-0.25, -0.2) is 9.37 Å². The average Bonchev–Trinajstić information content (AvgIpc) is 2.92. The second-order valence-corrected chi connectivity index (χ2v) is 5.96. The fraction of sp³-hybridized carbons (Fsp3) is 0.438. The molecule has 21 heavy (non-hydrogen) atoms. The third kappa shape index (κ3) is 5.53. The largest absolute Gasteiger partial charge is 0.379 e. The topological polar surface area (TPSA) is 34.1 Å². The second kappa shape index (κ2) is 8.22. The van der Waals surface area contributed by atoms with Crippen LogP contribution in [-0.2, 0) is 11.3 Å². The zero-order valence-corrected chi connectivity index (χ0v) is 13.3. The Balaban J connectivity index is 1.74. The molecule has 0 atom stereocenters. The summed E-state index contributed by atoms with van der Waals surface area (Å²) >= 11 is 1.58. The van der Waals surface area contributed by atoms with Crippen LogP contribution < -0.4 is 5.32 Å². The number of halogens is 1. The molecule has 0 fully saturated rings. The number of hydrogen-bond acceptors (Lipinski definition) is 4. The van der Waals surface area contributed by atoms with Crippen molar-refractivity contribution in [2.75, 3.05) is 13.2 Å². The molecular weight excluding hydrogens is 287 g/mol. The first kappa shape index (κ1) is 16.1. The summed E-state index contributed by atoms with van der Waals surface area (Å²) in [6.45, 7) is 6.53. The Kier molecular flexibility index (Phi) is 6.29. The highest BCUT2D eigenvalue weighted by Crippen LogP contribution is 2.23. The molecule has 1 aromatic carbocycles. The Bertz CT molecular complexity index is 539. The first-order chi connectivity index (χ1) is 10.1. The van der Waals surface area contributed by atoms with Crippen molar-refractivity contribution < 1.29 is 9.13 Å². The number of ether oxygens (including phenoxy) is 1. The van der Waals surface area contributed by atoms with Crippen molar-refractivity contribution in [3.8, 4) is 10.6 Å². The number of thiazole rings is 1. The fourth-order valence-electron chi connectivity index (χ4n) is 1.85. The average molecular weight is 308 g/mol. The van der Waals surface area contributed by atoms with Crippen LogP contribution in [0.4, 0.5) is 4.39 Å². The van der Waals surface area contributed by atoms with Crippen LogP contribution in [0.5, 0.6) is 0 Å². The van der Waals surface area contributed by atoms with Gasteiger partial charge in [-0.3, -0.25) is 0 Å². The van der Waals surface area contributed by atoms with Crippen LogP contribution in [0.1, 0.15) is 26.0 Å². The molecule has 0 saturated carbocycles. The van der Waals surface area contributed by atoms with Crippen molar-refractivity contribution in [3.05, 3.63) is 41.2 Å². The van der Waals surface area contributed by atoms with E-state index in [-0.39, 0.29) is 5.82 Å². The summed E-state index contributed by atoms with van der Waals surface area (Å²) < 4.78 is 18.4. The van der Waals surface area contributed by atoms with Crippen LogP contribution in [0.25, 0.3) is 10.6 Å². The van der Waals surface area contributed by atoms with Crippen molar-refractivity contribution in [3.63, 3.8) is 0 Å². The van der Waals surface area contributed by atoms with E-state index in [0.717, 1.165) is 42.4 Å². The van der Waals surface area contributed by atoms with Gasteiger partial charge < -0.3 is 10.1 Å². The lowest BCUT2D eigenvalue weighted by Crippen LogP contribution is -2.17. The summed E-state index contributed by atoms with van der Waals surface area (Å²) in [5, 5.41) is 6.32. The number of hydrogen-bond donors (Lipinski definition) is 1. The molecule has 0 radical (unpaired) electrons. The van der Waals surface area contributed by atoms with Gasteiger partial charge in [0.15, 0.2) is 0 Å². The maximum absolute atomic E-state index is 12.9. The maximum Gasteiger partial charge on any atom is 0.123 e. The van der Waals surface area contributed by atoms with Gasteiger partial charge in [0.1, 0.15) is 10.8 Å². The van der Waals surface area contributed by atoms with Gasteiger partial charge in [-0.1, -0.05) is 0 Å². The summed E-state index contributed by atoms with van der Waals surface area (Å²) in [7, 11) is 0. The molecule has 0 amide bonds. The molecule has 1 aromatic heterocycles. The van der Waals surface area contributed by atoms with Crippen LogP contribution >= 0.6 is 11.3 Å². The lowest BCUT2D eigenvalue weighted by molar-refractivity contribution is 0.0770. The van der Waals surface area contributed by atoms with Gasteiger partial charge in [-0.15, -0.1) is 11.3 Å². The summed E-state index contributed by atoms with van der Waals surface area (Å²) in [6.07, 6.45) is 1.29. The third-order valence-corrected chi connectivity index (χ3v) is 3.84. The molecule has 0 aliphatic heterocycles. The summed E-state index contributed by atoms with van der Waals surface area (Å²) in [5.41, 5.74) is 1.97. The molecule has 5 heteroatoms. The van der Waals surface area contributed by atoms with Gasteiger partial charge in [0.25, 0.3) is 0 Å². The van der Waals surface area contributed by atoms with E-state index in [0.29, 0.717) is 6.10 Å². The molecular formula is C16H21FN2OS. The predicted octanol–water partition coefficient (Wildman–Crippen LogP) is 3.85. The Hall–Kier alpha value is -1.30. The molecule has 0 saturated heterocycles. The molecule has 2 rings (SSSR count). The fourth-order valence-corrected chi connectivity index (χ4v) is 2.67. The van der Waals surface area contributed by atoms with E-state index < -0.39 is 0 Å². The minimum Gasteiger partial charge on any atom is -0.379 e. The smallest absolute Gasteiger partial charge is 0.123 e. The van der Waals surface area contributed by atoms with Crippen molar-refractivity contribution >= 4 is 11.3 Å². The molecule has 0 spiro atoms. The van der Waals surface area contributed by atoms with Crippen molar-refractivity contribution in [2.45, 2.75) is 32.9 Å². The van der Waals surface area contributed by atoms with E-state index in [1.54, 1.807) is 23.5 Å². The van der Waals surface area contributed by atoms with E-state index in [4.69, 9.17) is 4.74 Å². The quantitative estimate of drug-likeness (QED) is 0.752. The predicted molar refractivity (Wildman–Crippen MR) is 84.9 cm³/mol. The molecule has 0 aliphatic rings. The number of nitrogens with zero attached hydrogens (tertiary/aromatic N) is 1. The van der Waals surface area contributed by atoms with Gasteiger partial charge in [-0.2, -0.15) is 0 Å². The van der Waals surface area contributed by atoms with Crippen molar-refractivity contribution in [1.82, 2.24) is 10.3 Å². The van der Waals surface area contributed by atoms with Gasteiger partial charge in [0.2, 0.25) is 0 Å². The molecule has 2 aromatic rings. The molecule has 0 unspecified atom stereocenters. The maximum atomic E-state index is 12.9. The SMILES string of the molecule is CC(C)OCCCNCc1csc(-c2ccc(F)cc2)n1. The van der Waals surface area contributed by atoms with Crippen molar-refractivity contribution in [2.24, 2.45) is 0 Å². The molecule has 1 N–H and O–H groups in total. The van der Waals surface area contributed by atoms with Crippen molar-refractivity contribution in [1.29, 1.82) is 0 Å². The number of nitrogens with one attached hydrogen (secondary N) is 1. The van der Waals surface area contributed by atoms with Gasteiger partial charge in [-0.05, 0) is 51.1 Å². The van der Waals surface area contributed by atoms with Gasteiger partial charge >= 0.3 is 0 Å². The van der Waals surface area contributed by atoms with Gasteiger partial charge in [0.05, 0.1) is 11.8 Å². The molecule has 1 heterocycles. The molecule has 3 nitrogen and oxygen atoms in total. The van der Waals surface area contributed by atoms with E-state index in [9.17, 15) is 4.39 Å². The van der Waals surface area contributed by atoms with Crippen LogP contribution in [0.2, 0.25) is 0 Å². The van der Waals surface area contributed by atoms with Gasteiger partial charge in [0, 0.05) is 24.1 Å². The van der Waals surface area contributed by atoms with E-state index in [1.807, 2.05) is 19.2 Å². The van der Waals surface area contributed by atoms with E-state index in [2.05, 4.69) is 10.3 Å². The highest BCUT2D eigenvalue weighted by molar-refractivity contribution is 7.13. The first-order valence-corrected chi connectivity index (χ1v) is 8.06. The Morgan fingerprint density at radius 1 is 1.29 bits per heavy atom. The monoisotopic (exact) mass is 308 g/mol. The highest BCUT2D eigenvalue weighted by atomic mass is 32.1. The number of rotatable bonds is 8.